The van der Waals surface area contributed by atoms with Crippen LogP contribution in [0, 0.1) is 0 Å². The van der Waals surface area contributed by atoms with Gasteiger partial charge in [0.25, 0.3) is 0 Å². The Kier molecular flexibility index (Phi) is 4.37. The SMILES string of the molecule is C[Si](C)C[C@H](N)c1ncc(-c2ccc(Br)cc2)[nH]1. The summed E-state index contributed by atoms with van der Waals surface area (Å²) in [4.78, 5) is 7.71. The largest absolute Gasteiger partial charge is 0.341 e. The van der Waals surface area contributed by atoms with Gasteiger partial charge in [0.15, 0.2) is 0 Å². The maximum atomic E-state index is 6.14. The molecule has 5 heteroatoms. The topological polar surface area (TPSA) is 54.7 Å². The molecule has 1 heterocycles. The molecule has 0 bridgehead atoms. The van der Waals surface area contributed by atoms with Crippen LogP contribution in [0.15, 0.2) is 34.9 Å². The minimum absolute atomic E-state index is 0.0260. The van der Waals surface area contributed by atoms with Gasteiger partial charge >= 0.3 is 0 Å². The molecule has 0 aliphatic carbocycles. The molecular weight excluding hydrogens is 306 g/mol. The number of benzene rings is 1. The Balaban J connectivity index is 2.17. The third-order valence-electron chi connectivity index (χ3n) is 2.73. The molecular formula is C13H17BrN3Si. The van der Waals surface area contributed by atoms with Gasteiger partial charge in [0.1, 0.15) is 5.82 Å². The monoisotopic (exact) mass is 322 g/mol. The van der Waals surface area contributed by atoms with Gasteiger partial charge in [-0.2, -0.15) is 0 Å². The molecule has 0 saturated carbocycles. The van der Waals surface area contributed by atoms with Crippen LogP contribution in [0.1, 0.15) is 11.9 Å². The number of aromatic amines is 1. The summed E-state index contributed by atoms with van der Waals surface area (Å²) in [7, 11) is -0.332. The van der Waals surface area contributed by atoms with E-state index in [0.717, 1.165) is 27.6 Å². The molecule has 0 spiro atoms. The van der Waals surface area contributed by atoms with Gasteiger partial charge in [-0.1, -0.05) is 41.2 Å². The molecule has 3 nitrogen and oxygen atoms in total. The second-order valence-electron chi connectivity index (χ2n) is 4.71. The standard InChI is InChI=1S/C13H17BrN3Si/c1-18(2)8-11(15)13-16-7-12(17-13)9-3-5-10(14)6-4-9/h3-7,11H,8,15H2,1-2H3,(H,16,17)/t11-/m0/s1. The Labute approximate surface area is 118 Å². The van der Waals surface area contributed by atoms with Crippen molar-refractivity contribution in [2.45, 2.75) is 25.2 Å². The Morgan fingerprint density at radius 1 is 1.33 bits per heavy atom. The van der Waals surface area contributed by atoms with Crippen LogP contribution < -0.4 is 5.73 Å². The number of hydrogen-bond donors (Lipinski definition) is 2. The number of rotatable bonds is 4. The van der Waals surface area contributed by atoms with E-state index in [-0.39, 0.29) is 14.8 Å². The number of H-pyrrole nitrogens is 1. The van der Waals surface area contributed by atoms with Crippen LogP contribution in [0.2, 0.25) is 19.1 Å². The highest BCUT2D eigenvalue weighted by Crippen LogP contribution is 2.22. The van der Waals surface area contributed by atoms with Crippen LogP contribution in [0.3, 0.4) is 0 Å². The summed E-state index contributed by atoms with van der Waals surface area (Å²) < 4.78 is 1.08. The Hall–Kier alpha value is -0.913. The van der Waals surface area contributed by atoms with Crippen LogP contribution in [0.4, 0.5) is 0 Å². The van der Waals surface area contributed by atoms with Gasteiger partial charge in [-0.15, -0.1) is 0 Å². The molecule has 2 rings (SSSR count). The van der Waals surface area contributed by atoms with Crippen molar-refractivity contribution in [3.8, 4) is 11.3 Å². The van der Waals surface area contributed by atoms with E-state index in [1.54, 1.807) is 0 Å². The lowest BCUT2D eigenvalue weighted by Crippen LogP contribution is -2.17. The Morgan fingerprint density at radius 2 is 2.00 bits per heavy atom. The molecule has 0 aliphatic rings. The number of nitrogens with zero attached hydrogens (tertiary/aromatic N) is 1. The highest BCUT2D eigenvalue weighted by atomic mass is 79.9. The van der Waals surface area contributed by atoms with E-state index in [1.165, 1.54) is 0 Å². The van der Waals surface area contributed by atoms with Gasteiger partial charge in [0.2, 0.25) is 0 Å². The predicted molar refractivity (Wildman–Crippen MR) is 80.9 cm³/mol. The maximum Gasteiger partial charge on any atom is 0.123 e. The number of nitrogens with one attached hydrogen (secondary N) is 1. The van der Waals surface area contributed by atoms with E-state index >= 15 is 0 Å². The van der Waals surface area contributed by atoms with Crippen molar-refractivity contribution in [3.05, 3.63) is 40.8 Å². The molecule has 1 aromatic carbocycles. The first-order chi connectivity index (χ1) is 8.56. The van der Waals surface area contributed by atoms with Crippen molar-refractivity contribution >= 4 is 24.7 Å². The number of halogens is 1. The Morgan fingerprint density at radius 3 is 2.61 bits per heavy atom. The summed E-state index contributed by atoms with van der Waals surface area (Å²) in [5.41, 5.74) is 8.29. The van der Waals surface area contributed by atoms with E-state index in [4.69, 9.17) is 5.73 Å². The van der Waals surface area contributed by atoms with E-state index in [9.17, 15) is 0 Å². The van der Waals surface area contributed by atoms with E-state index < -0.39 is 0 Å². The van der Waals surface area contributed by atoms with Gasteiger partial charge in [-0.25, -0.2) is 4.98 Å². The highest BCUT2D eigenvalue weighted by Gasteiger charge is 2.13. The molecule has 1 atom stereocenters. The summed E-state index contributed by atoms with van der Waals surface area (Å²) >= 11 is 3.43. The zero-order valence-electron chi connectivity index (χ0n) is 10.6. The van der Waals surface area contributed by atoms with Gasteiger partial charge in [0, 0.05) is 13.3 Å². The zero-order valence-corrected chi connectivity index (χ0v) is 13.2. The lowest BCUT2D eigenvalue weighted by molar-refractivity contribution is 0.748. The third kappa shape index (κ3) is 3.31. The molecule has 3 N–H and O–H groups in total. The smallest absolute Gasteiger partial charge is 0.123 e. The van der Waals surface area contributed by atoms with Crippen molar-refractivity contribution in [3.63, 3.8) is 0 Å². The first-order valence-corrected chi connectivity index (χ1v) is 9.41. The zero-order chi connectivity index (χ0) is 13.1. The van der Waals surface area contributed by atoms with Crippen molar-refractivity contribution in [2.75, 3.05) is 0 Å². The molecule has 1 aromatic heterocycles. The van der Waals surface area contributed by atoms with Crippen LogP contribution >= 0.6 is 15.9 Å². The van der Waals surface area contributed by atoms with Gasteiger partial charge in [-0.05, 0) is 23.7 Å². The third-order valence-corrected chi connectivity index (χ3v) is 4.52. The Bertz CT molecular complexity index is 507. The minimum atomic E-state index is -0.332. The molecule has 0 amide bonds. The van der Waals surface area contributed by atoms with E-state index in [2.05, 4.69) is 51.1 Å². The molecule has 1 radical (unpaired) electrons. The fourth-order valence-corrected chi connectivity index (χ4v) is 3.18. The summed E-state index contributed by atoms with van der Waals surface area (Å²) in [5, 5.41) is 0. The van der Waals surface area contributed by atoms with Crippen LogP contribution in [-0.2, 0) is 0 Å². The molecule has 0 aliphatic heterocycles. The number of aromatic nitrogens is 2. The maximum absolute atomic E-state index is 6.14. The average molecular weight is 323 g/mol. The average Bonchev–Trinajstić information content (AvgIpc) is 2.78. The van der Waals surface area contributed by atoms with Crippen LogP contribution in [0.25, 0.3) is 11.3 Å². The molecule has 95 valence electrons. The number of nitrogens with two attached hydrogens (primary N) is 1. The molecule has 0 fully saturated rings. The van der Waals surface area contributed by atoms with E-state index in [1.807, 2.05) is 18.3 Å². The van der Waals surface area contributed by atoms with E-state index in [0.29, 0.717) is 0 Å². The molecule has 0 saturated heterocycles. The van der Waals surface area contributed by atoms with Crippen molar-refractivity contribution in [1.29, 1.82) is 0 Å². The summed E-state index contributed by atoms with van der Waals surface area (Å²) in [6, 6.07) is 9.23. The van der Waals surface area contributed by atoms with Gasteiger partial charge in [-0.3, -0.25) is 0 Å². The second kappa shape index (κ2) is 5.82. The van der Waals surface area contributed by atoms with Crippen molar-refractivity contribution in [1.82, 2.24) is 9.97 Å². The quantitative estimate of drug-likeness (QED) is 0.845. The minimum Gasteiger partial charge on any atom is -0.341 e. The second-order valence-corrected chi connectivity index (χ2v) is 8.44. The molecule has 2 aromatic rings. The van der Waals surface area contributed by atoms with Crippen LogP contribution in [-0.4, -0.2) is 18.8 Å². The lowest BCUT2D eigenvalue weighted by Gasteiger charge is -2.09. The van der Waals surface area contributed by atoms with Crippen LogP contribution in [0.5, 0.6) is 0 Å². The van der Waals surface area contributed by atoms with Crippen molar-refractivity contribution in [2.24, 2.45) is 5.73 Å². The summed E-state index contributed by atoms with van der Waals surface area (Å²) in [5.74, 6) is 0.888. The summed E-state index contributed by atoms with van der Waals surface area (Å²) in [6.07, 6.45) is 1.86. The van der Waals surface area contributed by atoms with Crippen molar-refractivity contribution < 1.29 is 0 Å². The highest BCUT2D eigenvalue weighted by molar-refractivity contribution is 9.10. The fourth-order valence-electron chi connectivity index (χ4n) is 1.84. The van der Waals surface area contributed by atoms with Gasteiger partial charge < -0.3 is 10.7 Å². The summed E-state index contributed by atoms with van der Waals surface area (Å²) in [6.45, 7) is 4.53. The first kappa shape index (κ1) is 13.5. The lowest BCUT2D eigenvalue weighted by atomic mass is 10.2. The molecule has 18 heavy (non-hydrogen) atoms. The fraction of sp³-hybridized carbons (Fsp3) is 0.308. The predicted octanol–water partition coefficient (Wildman–Crippen LogP) is 3.59. The number of hydrogen-bond acceptors (Lipinski definition) is 2. The normalized spacial score (nSPS) is 12.9. The van der Waals surface area contributed by atoms with Gasteiger partial charge in [0.05, 0.1) is 17.9 Å². The molecule has 0 unspecified atom stereocenters. The number of imidazole rings is 1. The first-order valence-electron chi connectivity index (χ1n) is 5.91.